The van der Waals surface area contributed by atoms with E-state index in [2.05, 4.69) is 11.9 Å². The number of aromatic nitrogens is 1. The molecule has 0 aliphatic carbocycles. The van der Waals surface area contributed by atoms with E-state index in [0.717, 1.165) is 19.4 Å². The van der Waals surface area contributed by atoms with Crippen LogP contribution in [0.2, 0.25) is 0 Å². The van der Waals surface area contributed by atoms with Crippen LogP contribution >= 0.6 is 0 Å². The molecule has 76 valence electrons. The van der Waals surface area contributed by atoms with Gasteiger partial charge in [-0.05, 0) is 37.0 Å². The Labute approximate surface area is 84.3 Å². The maximum Gasteiger partial charge on any atom is 0.0843 e. The first-order chi connectivity index (χ1) is 6.77. The Bertz CT molecular complexity index is 314. The number of aryl methyl sites for hydroxylation is 1. The molecule has 1 aromatic heterocycles. The van der Waals surface area contributed by atoms with Gasteiger partial charge in [0.15, 0.2) is 0 Å². The van der Waals surface area contributed by atoms with Crippen molar-refractivity contribution in [3.63, 3.8) is 0 Å². The van der Waals surface area contributed by atoms with Crippen molar-refractivity contribution in [3.8, 4) is 0 Å². The number of hydrogen-bond donors (Lipinski definition) is 1. The first kappa shape index (κ1) is 9.62. The number of nitrogens with two attached hydrogens (primary N) is 1. The Morgan fingerprint density at radius 2 is 2.43 bits per heavy atom. The van der Waals surface area contributed by atoms with E-state index < -0.39 is 0 Å². The number of ether oxygens (including phenoxy) is 1. The number of hydrogen-bond acceptors (Lipinski definition) is 3. The number of rotatable bonds is 1. The van der Waals surface area contributed by atoms with Gasteiger partial charge in [-0.25, -0.2) is 0 Å². The van der Waals surface area contributed by atoms with Crippen LogP contribution in [0.1, 0.15) is 30.1 Å². The summed E-state index contributed by atoms with van der Waals surface area (Å²) in [4.78, 5) is 4.07. The highest BCUT2D eigenvalue weighted by Gasteiger charge is 2.22. The average molecular weight is 192 g/mol. The maximum absolute atomic E-state index is 5.92. The minimum atomic E-state index is 0.168. The fraction of sp³-hybridized carbons (Fsp3) is 0.545. The third kappa shape index (κ3) is 1.94. The molecule has 1 aliphatic heterocycles. The lowest BCUT2D eigenvalue weighted by atomic mass is 9.96. The van der Waals surface area contributed by atoms with Crippen LogP contribution in [0.15, 0.2) is 18.5 Å². The van der Waals surface area contributed by atoms with Gasteiger partial charge in [-0.15, -0.1) is 0 Å². The molecular weight excluding hydrogens is 176 g/mol. The standard InChI is InChI=1S/C11H16N2O/c1-8-7-13-4-2-10(8)11-6-9(12)3-5-14-11/h2,4,7,9,11H,3,5-6,12H2,1H3. The first-order valence-corrected chi connectivity index (χ1v) is 5.05. The average Bonchev–Trinajstić information content (AvgIpc) is 2.18. The summed E-state index contributed by atoms with van der Waals surface area (Å²) in [6, 6.07) is 2.30. The van der Waals surface area contributed by atoms with Crippen LogP contribution in [0.4, 0.5) is 0 Å². The van der Waals surface area contributed by atoms with Gasteiger partial charge in [-0.2, -0.15) is 0 Å². The van der Waals surface area contributed by atoms with Gasteiger partial charge in [0.25, 0.3) is 0 Å². The Kier molecular flexibility index (Phi) is 2.79. The van der Waals surface area contributed by atoms with E-state index in [1.54, 1.807) is 0 Å². The third-order valence-corrected chi connectivity index (χ3v) is 2.74. The molecule has 0 spiro atoms. The van der Waals surface area contributed by atoms with E-state index >= 15 is 0 Å². The highest BCUT2D eigenvalue weighted by molar-refractivity contribution is 5.24. The van der Waals surface area contributed by atoms with Gasteiger partial charge in [-0.3, -0.25) is 4.98 Å². The summed E-state index contributed by atoms with van der Waals surface area (Å²) in [6.07, 6.45) is 5.75. The SMILES string of the molecule is Cc1cnccc1C1CC(N)CCO1. The predicted octanol–water partition coefficient (Wildman–Crippen LogP) is 1.57. The largest absolute Gasteiger partial charge is 0.373 e. The molecule has 2 N–H and O–H groups in total. The van der Waals surface area contributed by atoms with Gasteiger partial charge in [-0.1, -0.05) is 0 Å². The summed E-state index contributed by atoms with van der Waals surface area (Å²) >= 11 is 0. The van der Waals surface area contributed by atoms with Gasteiger partial charge < -0.3 is 10.5 Å². The molecule has 0 radical (unpaired) electrons. The lowest BCUT2D eigenvalue weighted by Gasteiger charge is -2.28. The highest BCUT2D eigenvalue weighted by atomic mass is 16.5. The van der Waals surface area contributed by atoms with Crippen molar-refractivity contribution in [1.82, 2.24) is 4.98 Å². The monoisotopic (exact) mass is 192 g/mol. The Morgan fingerprint density at radius 1 is 1.57 bits per heavy atom. The summed E-state index contributed by atoms with van der Waals surface area (Å²) < 4.78 is 5.71. The summed E-state index contributed by atoms with van der Waals surface area (Å²) in [5.41, 5.74) is 8.34. The zero-order valence-corrected chi connectivity index (χ0v) is 8.44. The van der Waals surface area contributed by atoms with E-state index in [4.69, 9.17) is 10.5 Å². The second kappa shape index (κ2) is 4.07. The summed E-state index contributed by atoms with van der Waals surface area (Å²) in [5.74, 6) is 0. The molecule has 2 unspecified atom stereocenters. The van der Waals surface area contributed by atoms with E-state index in [9.17, 15) is 0 Å². The first-order valence-electron chi connectivity index (χ1n) is 5.05. The summed E-state index contributed by atoms with van der Waals surface area (Å²) in [5, 5.41) is 0. The van der Waals surface area contributed by atoms with Crippen molar-refractivity contribution >= 4 is 0 Å². The van der Waals surface area contributed by atoms with Crippen molar-refractivity contribution in [2.45, 2.75) is 31.9 Å². The van der Waals surface area contributed by atoms with Gasteiger partial charge in [0.2, 0.25) is 0 Å². The van der Waals surface area contributed by atoms with Gasteiger partial charge in [0.05, 0.1) is 6.10 Å². The van der Waals surface area contributed by atoms with E-state index in [1.807, 2.05) is 18.5 Å². The van der Waals surface area contributed by atoms with Crippen LogP contribution < -0.4 is 5.73 Å². The molecule has 1 aromatic rings. The molecule has 0 saturated carbocycles. The second-order valence-corrected chi connectivity index (χ2v) is 3.88. The van der Waals surface area contributed by atoms with Crippen molar-refractivity contribution in [3.05, 3.63) is 29.6 Å². The molecule has 2 rings (SSSR count). The normalized spacial score (nSPS) is 27.6. The predicted molar refractivity (Wildman–Crippen MR) is 54.9 cm³/mol. The van der Waals surface area contributed by atoms with E-state index in [0.29, 0.717) is 0 Å². The van der Waals surface area contributed by atoms with Crippen LogP contribution in [-0.2, 0) is 4.74 Å². The lowest BCUT2D eigenvalue weighted by molar-refractivity contribution is 0.00627. The molecule has 3 nitrogen and oxygen atoms in total. The van der Waals surface area contributed by atoms with Crippen LogP contribution in [0.5, 0.6) is 0 Å². The maximum atomic E-state index is 5.92. The third-order valence-electron chi connectivity index (χ3n) is 2.74. The summed E-state index contributed by atoms with van der Waals surface area (Å²) in [7, 11) is 0. The van der Waals surface area contributed by atoms with Crippen molar-refractivity contribution < 1.29 is 4.74 Å². The Hall–Kier alpha value is -0.930. The molecule has 1 aliphatic rings. The van der Waals surface area contributed by atoms with Crippen LogP contribution in [0.25, 0.3) is 0 Å². The number of nitrogens with zero attached hydrogens (tertiary/aromatic N) is 1. The van der Waals surface area contributed by atoms with Crippen molar-refractivity contribution in [2.75, 3.05) is 6.61 Å². The van der Waals surface area contributed by atoms with Crippen LogP contribution in [0, 0.1) is 6.92 Å². The topological polar surface area (TPSA) is 48.1 Å². The molecule has 0 aromatic carbocycles. The Balaban J connectivity index is 2.18. The van der Waals surface area contributed by atoms with Gasteiger partial charge >= 0.3 is 0 Å². The fourth-order valence-corrected chi connectivity index (χ4v) is 1.88. The fourth-order valence-electron chi connectivity index (χ4n) is 1.88. The molecule has 3 heteroatoms. The Morgan fingerprint density at radius 3 is 3.14 bits per heavy atom. The van der Waals surface area contributed by atoms with Crippen LogP contribution in [-0.4, -0.2) is 17.6 Å². The molecule has 1 fully saturated rings. The lowest BCUT2D eigenvalue weighted by Crippen LogP contribution is -2.30. The molecule has 2 heterocycles. The molecule has 2 atom stereocenters. The van der Waals surface area contributed by atoms with Gasteiger partial charge in [0, 0.05) is 25.0 Å². The molecular formula is C11H16N2O. The highest BCUT2D eigenvalue weighted by Crippen LogP contribution is 2.28. The van der Waals surface area contributed by atoms with Crippen LogP contribution in [0.3, 0.4) is 0 Å². The minimum absolute atomic E-state index is 0.168. The molecule has 0 amide bonds. The number of pyridine rings is 1. The quantitative estimate of drug-likeness (QED) is 0.734. The van der Waals surface area contributed by atoms with E-state index in [1.165, 1.54) is 11.1 Å². The van der Waals surface area contributed by atoms with Gasteiger partial charge in [0.1, 0.15) is 0 Å². The van der Waals surface area contributed by atoms with E-state index in [-0.39, 0.29) is 12.1 Å². The molecule has 14 heavy (non-hydrogen) atoms. The summed E-state index contributed by atoms with van der Waals surface area (Å²) in [6.45, 7) is 2.83. The molecule has 0 bridgehead atoms. The smallest absolute Gasteiger partial charge is 0.0843 e. The zero-order chi connectivity index (χ0) is 9.97. The zero-order valence-electron chi connectivity index (χ0n) is 8.44. The van der Waals surface area contributed by atoms with Crippen molar-refractivity contribution in [1.29, 1.82) is 0 Å². The minimum Gasteiger partial charge on any atom is -0.373 e. The second-order valence-electron chi connectivity index (χ2n) is 3.88. The molecule has 1 saturated heterocycles. The van der Waals surface area contributed by atoms with Crippen molar-refractivity contribution in [2.24, 2.45) is 5.73 Å².